The van der Waals surface area contributed by atoms with Gasteiger partial charge in [0.25, 0.3) is 5.69 Å². The highest BCUT2D eigenvalue weighted by atomic mass is 32.1. The van der Waals surface area contributed by atoms with E-state index in [0.717, 1.165) is 5.56 Å². The molecule has 0 spiro atoms. The number of nitrogens with zero attached hydrogens (tertiary/aromatic N) is 2. The standard InChI is InChI=1S/C11H14N4O2S/c1-8(2)13-11(18)14-12-7-9-3-5-10(6-4-9)15(16)17/h3-8H,1-2H3,(H2,13,14,18)/b12-7-. The van der Waals surface area contributed by atoms with E-state index >= 15 is 0 Å². The smallest absolute Gasteiger partial charge is 0.269 e. The van der Waals surface area contributed by atoms with Crippen LogP contribution in [-0.2, 0) is 0 Å². The van der Waals surface area contributed by atoms with E-state index in [2.05, 4.69) is 15.8 Å². The summed E-state index contributed by atoms with van der Waals surface area (Å²) in [6.07, 6.45) is 1.54. The number of thiocarbonyl (C=S) groups is 1. The zero-order chi connectivity index (χ0) is 13.5. The number of nitrogens with one attached hydrogen (secondary N) is 2. The average molecular weight is 266 g/mol. The van der Waals surface area contributed by atoms with Crippen LogP contribution in [0.1, 0.15) is 19.4 Å². The van der Waals surface area contributed by atoms with Crippen molar-refractivity contribution in [1.82, 2.24) is 10.7 Å². The molecule has 0 saturated heterocycles. The van der Waals surface area contributed by atoms with Crippen LogP contribution in [0.15, 0.2) is 29.4 Å². The van der Waals surface area contributed by atoms with Gasteiger partial charge in [-0.25, -0.2) is 0 Å². The first-order valence-corrected chi connectivity index (χ1v) is 5.74. The Labute approximate surface area is 110 Å². The Morgan fingerprint density at radius 3 is 2.56 bits per heavy atom. The fourth-order valence-corrected chi connectivity index (χ4v) is 1.43. The largest absolute Gasteiger partial charge is 0.359 e. The molecule has 0 fully saturated rings. The van der Waals surface area contributed by atoms with Crippen LogP contribution in [0.3, 0.4) is 0 Å². The molecule has 0 aliphatic heterocycles. The van der Waals surface area contributed by atoms with E-state index in [1.807, 2.05) is 13.8 Å². The number of nitro groups is 1. The van der Waals surface area contributed by atoms with Gasteiger partial charge in [0.15, 0.2) is 5.11 Å². The molecule has 7 heteroatoms. The van der Waals surface area contributed by atoms with E-state index < -0.39 is 4.92 Å². The lowest BCUT2D eigenvalue weighted by Gasteiger charge is -2.09. The molecule has 2 N–H and O–H groups in total. The summed E-state index contributed by atoms with van der Waals surface area (Å²) in [5.41, 5.74) is 3.46. The first-order valence-electron chi connectivity index (χ1n) is 5.33. The number of hydrazone groups is 1. The normalized spacial score (nSPS) is 10.6. The highest BCUT2D eigenvalue weighted by molar-refractivity contribution is 7.80. The van der Waals surface area contributed by atoms with Crippen LogP contribution in [0.5, 0.6) is 0 Å². The minimum atomic E-state index is -0.444. The summed E-state index contributed by atoms with van der Waals surface area (Å²) in [5, 5.41) is 17.8. The van der Waals surface area contributed by atoms with Crippen molar-refractivity contribution < 1.29 is 4.92 Å². The third-order valence-electron chi connectivity index (χ3n) is 1.90. The number of hydrogen-bond acceptors (Lipinski definition) is 4. The van der Waals surface area contributed by atoms with Crippen LogP contribution in [0.25, 0.3) is 0 Å². The molecule has 18 heavy (non-hydrogen) atoms. The van der Waals surface area contributed by atoms with Crippen molar-refractivity contribution in [2.24, 2.45) is 5.10 Å². The van der Waals surface area contributed by atoms with Gasteiger partial charge in [0.1, 0.15) is 0 Å². The summed E-state index contributed by atoms with van der Waals surface area (Å²) in [6.45, 7) is 3.93. The maximum Gasteiger partial charge on any atom is 0.269 e. The summed E-state index contributed by atoms with van der Waals surface area (Å²) in [7, 11) is 0. The Morgan fingerprint density at radius 1 is 1.44 bits per heavy atom. The van der Waals surface area contributed by atoms with Gasteiger partial charge < -0.3 is 5.32 Å². The number of nitro benzene ring substituents is 1. The summed E-state index contributed by atoms with van der Waals surface area (Å²) in [6, 6.07) is 6.31. The van der Waals surface area contributed by atoms with Crippen molar-refractivity contribution in [2.45, 2.75) is 19.9 Å². The van der Waals surface area contributed by atoms with Gasteiger partial charge in [-0.2, -0.15) is 5.10 Å². The van der Waals surface area contributed by atoms with E-state index in [1.165, 1.54) is 18.3 Å². The van der Waals surface area contributed by atoms with Gasteiger partial charge >= 0.3 is 0 Å². The van der Waals surface area contributed by atoms with Gasteiger partial charge in [-0.05, 0) is 43.8 Å². The van der Waals surface area contributed by atoms with Crippen LogP contribution < -0.4 is 10.7 Å². The Kier molecular flexibility index (Phi) is 5.19. The molecule has 0 unspecified atom stereocenters. The fraction of sp³-hybridized carbons (Fsp3) is 0.273. The monoisotopic (exact) mass is 266 g/mol. The Bertz CT molecular complexity index is 457. The predicted octanol–water partition coefficient (Wildman–Crippen LogP) is 1.80. The molecule has 1 rings (SSSR count). The molecule has 0 amide bonds. The van der Waals surface area contributed by atoms with Crippen LogP contribution >= 0.6 is 12.2 Å². The molecular weight excluding hydrogens is 252 g/mol. The minimum Gasteiger partial charge on any atom is -0.359 e. The van der Waals surface area contributed by atoms with Crippen LogP contribution in [0.4, 0.5) is 5.69 Å². The van der Waals surface area contributed by atoms with E-state index in [9.17, 15) is 10.1 Å². The van der Waals surface area contributed by atoms with Crippen molar-refractivity contribution in [3.05, 3.63) is 39.9 Å². The van der Waals surface area contributed by atoms with Gasteiger partial charge in [0.2, 0.25) is 0 Å². The first kappa shape index (κ1) is 14.0. The fourth-order valence-electron chi connectivity index (χ4n) is 1.14. The molecular formula is C11H14N4O2S. The van der Waals surface area contributed by atoms with Gasteiger partial charge in [-0.1, -0.05) is 0 Å². The zero-order valence-corrected chi connectivity index (χ0v) is 10.9. The Balaban J connectivity index is 2.52. The van der Waals surface area contributed by atoms with Crippen LogP contribution in [0, 0.1) is 10.1 Å². The second-order valence-electron chi connectivity index (χ2n) is 3.85. The van der Waals surface area contributed by atoms with Gasteiger partial charge in [0, 0.05) is 18.2 Å². The lowest BCUT2D eigenvalue weighted by Crippen LogP contribution is -2.36. The summed E-state index contributed by atoms with van der Waals surface area (Å²) < 4.78 is 0. The van der Waals surface area contributed by atoms with Crippen molar-refractivity contribution in [3.63, 3.8) is 0 Å². The van der Waals surface area contributed by atoms with E-state index in [4.69, 9.17) is 12.2 Å². The number of benzene rings is 1. The van der Waals surface area contributed by atoms with Crippen molar-refractivity contribution in [3.8, 4) is 0 Å². The number of non-ortho nitro benzene ring substituents is 1. The topological polar surface area (TPSA) is 79.6 Å². The number of hydrogen-bond donors (Lipinski definition) is 2. The minimum absolute atomic E-state index is 0.0529. The molecule has 0 radical (unpaired) electrons. The zero-order valence-electron chi connectivity index (χ0n) is 10.1. The summed E-state index contributed by atoms with van der Waals surface area (Å²) in [4.78, 5) is 10.0. The lowest BCUT2D eigenvalue weighted by molar-refractivity contribution is -0.384. The lowest BCUT2D eigenvalue weighted by atomic mass is 10.2. The molecule has 0 aromatic heterocycles. The van der Waals surface area contributed by atoms with Crippen molar-refractivity contribution in [2.75, 3.05) is 0 Å². The number of rotatable bonds is 4. The third-order valence-corrected chi connectivity index (χ3v) is 2.11. The summed E-state index contributed by atoms with van der Waals surface area (Å²) >= 11 is 4.98. The molecule has 0 aliphatic carbocycles. The second-order valence-corrected chi connectivity index (χ2v) is 4.26. The van der Waals surface area contributed by atoms with Crippen LogP contribution in [0.2, 0.25) is 0 Å². The SMILES string of the molecule is CC(C)NC(=S)N/N=C\c1ccc([N+](=O)[O-])cc1. The third kappa shape index (κ3) is 4.88. The van der Waals surface area contributed by atoms with Gasteiger partial charge in [-0.15, -0.1) is 0 Å². The maximum absolute atomic E-state index is 10.5. The molecule has 0 bridgehead atoms. The maximum atomic E-state index is 10.5. The van der Waals surface area contributed by atoms with Crippen molar-refractivity contribution >= 4 is 29.2 Å². The molecule has 0 saturated carbocycles. The predicted molar refractivity (Wildman–Crippen MR) is 74.7 cm³/mol. The second kappa shape index (κ2) is 6.65. The highest BCUT2D eigenvalue weighted by Gasteiger charge is 2.02. The molecule has 1 aromatic carbocycles. The summed E-state index contributed by atoms with van der Waals surface area (Å²) in [5.74, 6) is 0. The van der Waals surface area contributed by atoms with E-state index in [-0.39, 0.29) is 11.7 Å². The van der Waals surface area contributed by atoms with Crippen LogP contribution in [-0.4, -0.2) is 22.3 Å². The molecule has 0 aliphatic rings. The van der Waals surface area contributed by atoms with Gasteiger partial charge in [-0.3, -0.25) is 15.5 Å². The quantitative estimate of drug-likeness (QED) is 0.376. The molecule has 1 aromatic rings. The van der Waals surface area contributed by atoms with E-state index in [0.29, 0.717) is 5.11 Å². The Hall–Kier alpha value is -2.02. The average Bonchev–Trinajstić information content (AvgIpc) is 2.28. The molecule has 96 valence electrons. The Morgan fingerprint density at radius 2 is 2.06 bits per heavy atom. The van der Waals surface area contributed by atoms with Gasteiger partial charge in [0.05, 0.1) is 11.1 Å². The molecule has 0 atom stereocenters. The highest BCUT2D eigenvalue weighted by Crippen LogP contribution is 2.10. The molecule has 0 heterocycles. The van der Waals surface area contributed by atoms with E-state index in [1.54, 1.807) is 12.1 Å². The van der Waals surface area contributed by atoms with Crippen molar-refractivity contribution in [1.29, 1.82) is 0 Å². The molecule has 6 nitrogen and oxygen atoms in total. The first-order chi connectivity index (χ1) is 8.49.